The van der Waals surface area contributed by atoms with Crippen LogP contribution >= 0.6 is 0 Å². The van der Waals surface area contributed by atoms with Gasteiger partial charge in [0.2, 0.25) is 0 Å². The lowest BCUT2D eigenvalue weighted by Crippen LogP contribution is -2.15. The average molecular weight is 252 g/mol. The van der Waals surface area contributed by atoms with E-state index in [0.29, 0.717) is 0 Å². The Bertz CT molecular complexity index is 548. The Morgan fingerprint density at radius 3 is 2.53 bits per heavy atom. The first-order valence-electron chi connectivity index (χ1n) is 6.87. The Kier molecular flexibility index (Phi) is 3.62. The third-order valence-electron chi connectivity index (χ3n) is 3.69. The molecule has 0 unspecified atom stereocenters. The molecule has 1 heterocycles. The van der Waals surface area contributed by atoms with Crippen LogP contribution in [-0.4, -0.2) is 11.9 Å². The molecule has 0 fully saturated rings. The van der Waals surface area contributed by atoms with Crippen molar-refractivity contribution in [1.82, 2.24) is 10.2 Å². The number of hydrogen-bond donors (Lipinski definition) is 1. The van der Waals surface area contributed by atoms with Crippen molar-refractivity contribution < 1.29 is 0 Å². The van der Waals surface area contributed by atoms with Crippen molar-refractivity contribution in [2.45, 2.75) is 26.2 Å². The van der Waals surface area contributed by atoms with E-state index in [0.717, 1.165) is 26.2 Å². The average Bonchev–Trinajstić information content (AvgIpc) is 2.82. The molecule has 0 bridgehead atoms. The van der Waals surface area contributed by atoms with Crippen molar-refractivity contribution in [2.24, 2.45) is 0 Å². The molecule has 0 radical (unpaired) electrons. The second-order valence-corrected chi connectivity index (χ2v) is 5.26. The molecule has 0 aliphatic carbocycles. The maximum Gasteiger partial charge on any atom is 0.0244 e. The molecule has 19 heavy (non-hydrogen) atoms. The maximum absolute atomic E-state index is 3.21. The van der Waals surface area contributed by atoms with Crippen LogP contribution in [0.1, 0.15) is 22.3 Å². The molecule has 3 rings (SSSR count). The largest absolute Gasteiger partial charge is 0.316 e. The molecule has 0 spiro atoms. The molecule has 0 saturated heterocycles. The van der Waals surface area contributed by atoms with Gasteiger partial charge in [-0.1, -0.05) is 48.5 Å². The van der Waals surface area contributed by atoms with Gasteiger partial charge in [-0.2, -0.15) is 0 Å². The Labute approximate surface area is 115 Å². The Morgan fingerprint density at radius 1 is 0.947 bits per heavy atom. The molecule has 2 aromatic rings. The first-order chi connectivity index (χ1) is 9.35. The minimum Gasteiger partial charge on any atom is -0.316 e. The van der Waals surface area contributed by atoms with Crippen LogP contribution in [0.25, 0.3) is 0 Å². The summed E-state index contributed by atoms with van der Waals surface area (Å²) < 4.78 is 0. The van der Waals surface area contributed by atoms with Crippen LogP contribution in [0.15, 0.2) is 48.5 Å². The van der Waals surface area contributed by atoms with Gasteiger partial charge in [0.25, 0.3) is 0 Å². The van der Waals surface area contributed by atoms with Crippen LogP contribution < -0.4 is 5.32 Å². The molecule has 1 N–H and O–H groups in total. The fourth-order valence-corrected chi connectivity index (χ4v) is 2.79. The standard InChI is InChI=1S/C17H20N2/c1-18-10-15-7-8-16-12-19(13-17(16)9-15)11-14-5-3-2-4-6-14/h2-9,18H,10-13H2,1H3. The number of rotatable bonds is 4. The number of benzene rings is 2. The quantitative estimate of drug-likeness (QED) is 0.900. The first-order valence-corrected chi connectivity index (χ1v) is 6.87. The molecule has 1 aliphatic rings. The van der Waals surface area contributed by atoms with Gasteiger partial charge in [0.05, 0.1) is 0 Å². The summed E-state index contributed by atoms with van der Waals surface area (Å²) in [6.45, 7) is 4.13. The molecule has 0 saturated carbocycles. The molecular weight excluding hydrogens is 232 g/mol. The zero-order chi connectivity index (χ0) is 13.1. The maximum atomic E-state index is 3.21. The molecule has 2 nitrogen and oxygen atoms in total. The highest BCUT2D eigenvalue weighted by atomic mass is 15.1. The monoisotopic (exact) mass is 252 g/mol. The van der Waals surface area contributed by atoms with Gasteiger partial charge < -0.3 is 5.32 Å². The summed E-state index contributed by atoms with van der Waals surface area (Å²) >= 11 is 0. The van der Waals surface area contributed by atoms with Gasteiger partial charge in [-0.25, -0.2) is 0 Å². The Hall–Kier alpha value is -1.64. The summed E-state index contributed by atoms with van der Waals surface area (Å²) in [4.78, 5) is 2.50. The van der Waals surface area contributed by atoms with E-state index in [9.17, 15) is 0 Å². The summed E-state index contributed by atoms with van der Waals surface area (Å²) in [6, 6.07) is 17.6. The van der Waals surface area contributed by atoms with Crippen LogP contribution in [0.5, 0.6) is 0 Å². The third kappa shape index (κ3) is 2.86. The number of nitrogens with zero attached hydrogens (tertiary/aromatic N) is 1. The minimum absolute atomic E-state index is 0.950. The van der Waals surface area contributed by atoms with Gasteiger partial charge in [0.1, 0.15) is 0 Å². The molecule has 2 heteroatoms. The van der Waals surface area contributed by atoms with Gasteiger partial charge in [-0.15, -0.1) is 0 Å². The summed E-state index contributed by atoms with van der Waals surface area (Å²) in [6.07, 6.45) is 0. The molecule has 98 valence electrons. The van der Waals surface area contributed by atoms with E-state index in [4.69, 9.17) is 0 Å². The Morgan fingerprint density at radius 2 is 1.74 bits per heavy atom. The predicted octanol–water partition coefficient (Wildman–Crippen LogP) is 2.92. The fourth-order valence-electron chi connectivity index (χ4n) is 2.79. The van der Waals surface area contributed by atoms with E-state index in [1.165, 1.54) is 22.3 Å². The molecule has 0 atom stereocenters. The summed E-state index contributed by atoms with van der Waals surface area (Å²) in [5, 5.41) is 3.21. The number of fused-ring (bicyclic) bond motifs is 1. The van der Waals surface area contributed by atoms with Gasteiger partial charge in [0, 0.05) is 26.2 Å². The van der Waals surface area contributed by atoms with E-state index in [2.05, 4.69) is 58.7 Å². The summed E-state index contributed by atoms with van der Waals surface area (Å²) in [7, 11) is 1.99. The molecule has 0 amide bonds. The lowest BCUT2D eigenvalue weighted by atomic mass is 10.1. The second-order valence-electron chi connectivity index (χ2n) is 5.26. The van der Waals surface area contributed by atoms with E-state index in [-0.39, 0.29) is 0 Å². The van der Waals surface area contributed by atoms with E-state index in [1.807, 2.05) is 7.05 Å². The van der Waals surface area contributed by atoms with Crippen LogP contribution in [-0.2, 0) is 26.2 Å². The highest BCUT2D eigenvalue weighted by molar-refractivity contribution is 5.35. The van der Waals surface area contributed by atoms with E-state index < -0.39 is 0 Å². The van der Waals surface area contributed by atoms with Crippen molar-refractivity contribution in [1.29, 1.82) is 0 Å². The smallest absolute Gasteiger partial charge is 0.0244 e. The summed E-state index contributed by atoms with van der Waals surface area (Å²) in [5.74, 6) is 0. The first kappa shape index (κ1) is 12.4. The minimum atomic E-state index is 0.950. The third-order valence-corrected chi connectivity index (χ3v) is 3.69. The highest BCUT2D eigenvalue weighted by Gasteiger charge is 2.18. The Balaban J connectivity index is 1.70. The van der Waals surface area contributed by atoms with Crippen molar-refractivity contribution in [3.8, 4) is 0 Å². The van der Waals surface area contributed by atoms with Crippen molar-refractivity contribution >= 4 is 0 Å². The van der Waals surface area contributed by atoms with Crippen LogP contribution in [0.2, 0.25) is 0 Å². The topological polar surface area (TPSA) is 15.3 Å². The molecule has 1 aliphatic heterocycles. The predicted molar refractivity (Wildman–Crippen MR) is 78.6 cm³/mol. The zero-order valence-electron chi connectivity index (χ0n) is 11.4. The van der Waals surface area contributed by atoms with Crippen LogP contribution in [0.4, 0.5) is 0 Å². The van der Waals surface area contributed by atoms with Gasteiger partial charge >= 0.3 is 0 Å². The lowest BCUT2D eigenvalue weighted by molar-refractivity contribution is 0.275. The number of hydrogen-bond acceptors (Lipinski definition) is 2. The fraction of sp³-hybridized carbons (Fsp3) is 0.294. The number of nitrogens with one attached hydrogen (secondary N) is 1. The van der Waals surface area contributed by atoms with E-state index >= 15 is 0 Å². The van der Waals surface area contributed by atoms with Crippen LogP contribution in [0.3, 0.4) is 0 Å². The SMILES string of the molecule is CNCc1ccc2c(c1)CN(Cc1ccccc1)C2. The van der Waals surface area contributed by atoms with Crippen molar-refractivity contribution in [3.63, 3.8) is 0 Å². The lowest BCUT2D eigenvalue weighted by Gasteiger charge is -2.14. The second kappa shape index (κ2) is 5.55. The van der Waals surface area contributed by atoms with Crippen molar-refractivity contribution in [3.05, 3.63) is 70.8 Å². The molecular formula is C17H20N2. The van der Waals surface area contributed by atoms with Crippen molar-refractivity contribution in [2.75, 3.05) is 7.05 Å². The molecule has 2 aromatic carbocycles. The zero-order valence-corrected chi connectivity index (χ0v) is 11.4. The van der Waals surface area contributed by atoms with Gasteiger partial charge in [-0.05, 0) is 29.3 Å². The normalized spacial score (nSPS) is 14.6. The highest BCUT2D eigenvalue weighted by Crippen LogP contribution is 2.25. The molecule has 0 aromatic heterocycles. The van der Waals surface area contributed by atoms with Gasteiger partial charge in [-0.3, -0.25) is 4.90 Å². The van der Waals surface area contributed by atoms with E-state index in [1.54, 1.807) is 0 Å². The van der Waals surface area contributed by atoms with Crippen LogP contribution in [0, 0.1) is 0 Å². The van der Waals surface area contributed by atoms with Gasteiger partial charge in [0.15, 0.2) is 0 Å². The summed E-state index contributed by atoms with van der Waals surface area (Å²) in [5.41, 5.74) is 5.74.